The predicted octanol–water partition coefficient (Wildman–Crippen LogP) is 12.8. The van der Waals surface area contributed by atoms with E-state index in [4.69, 9.17) is 9.05 Å². The number of carbonyl (C=O) groups is 1. The Morgan fingerprint density at radius 2 is 0.982 bits per heavy atom. The molecule has 0 saturated carbocycles. The van der Waals surface area contributed by atoms with E-state index in [0.29, 0.717) is 17.4 Å². The minimum absolute atomic E-state index is 0.00655. The van der Waals surface area contributed by atoms with Crippen LogP contribution in [0.3, 0.4) is 0 Å². The van der Waals surface area contributed by atoms with Crippen LogP contribution in [0.5, 0.6) is 0 Å². The van der Waals surface area contributed by atoms with Crippen LogP contribution < -0.4 is 10.2 Å². The molecule has 0 radical (unpaired) electrons. The van der Waals surface area contributed by atoms with E-state index in [2.05, 4.69) is 43.5 Å². The van der Waals surface area contributed by atoms with Crippen LogP contribution in [0.15, 0.2) is 36.5 Å². The molecule has 3 atom stereocenters. The normalized spacial score (nSPS) is 14.6. The number of likely N-dealkylation sites (N-methyl/N-ethyl adjacent to an activating group) is 1. The van der Waals surface area contributed by atoms with E-state index in [1.165, 1.54) is 154 Å². The molecule has 0 aromatic rings. The molecule has 0 heterocycles. The van der Waals surface area contributed by atoms with Crippen LogP contribution in [-0.2, 0) is 18.4 Å². The summed E-state index contributed by atoms with van der Waals surface area (Å²) < 4.78 is 23.2. The van der Waals surface area contributed by atoms with Gasteiger partial charge in [0, 0.05) is 6.42 Å². The SMILES string of the molecule is CCCCCCCCCC/C=C\CCCCCCCCCCCC(=O)NC(COP(=O)([O-])OCC[N+](C)(C)C)C(O)/C=C/CC/C=C/CCCCCCCCCC. The second-order valence-electron chi connectivity index (χ2n) is 17.5. The summed E-state index contributed by atoms with van der Waals surface area (Å²) in [5, 5.41) is 13.8. The summed E-state index contributed by atoms with van der Waals surface area (Å²) in [6.07, 6.45) is 49.1. The van der Waals surface area contributed by atoms with Crippen molar-refractivity contribution >= 4 is 13.7 Å². The van der Waals surface area contributed by atoms with E-state index in [0.717, 1.165) is 38.5 Å². The van der Waals surface area contributed by atoms with E-state index < -0.39 is 26.6 Å². The Bertz CT molecular complexity index is 1030. The Balaban J connectivity index is 4.36. The number of nitrogens with zero attached hydrogens (tertiary/aromatic N) is 1. The molecule has 0 aromatic heterocycles. The van der Waals surface area contributed by atoms with Gasteiger partial charge in [0.05, 0.1) is 39.9 Å². The maximum absolute atomic E-state index is 12.9. The molecule has 57 heavy (non-hydrogen) atoms. The number of aliphatic hydroxyl groups excluding tert-OH is 1. The van der Waals surface area contributed by atoms with Crippen LogP contribution in [-0.4, -0.2) is 68.5 Å². The first-order chi connectivity index (χ1) is 27.5. The molecule has 0 spiro atoms. The van der Waals surface area contributed by atoms with Crippen LogP contribution in [0.25, 0.3) is 0 Å². The third kappa shape index (κ3) is 42.6. The fourth-order valence-corrected chi connectivity index (χ4v) is 7.47. The summed E-state index contributed by atoms with van der Waals surface area (Å²) in [6.45, 7) is 4.62. The van der Waals surface area contributed by atoms with E-state index in [-0.39, 0.29) is 12.5 Å². The molecule has 0 rings (SSSR count). The molecule has 0 saturated heterocycles. The first-order valence-corrected chi connectivity index (χ1v) is 25.3. The van der Waals surface area contributed by atoms with Crippen LogP contribution in [0.2, 0.25) is 0 Å². The largest absolute Gasteiger partial charge is 0.756 e. The van der Waals surface area contributed by atoms with Gasteiger partial charge in [-0.05, 0) is 57.8 Å². The maximum atomic E-state index is 12.9. The van der Waals surface area contributed by atoms with Crippen molar-refractivity contribution < 1.29 is 32.9 Å². The fraction of sp³-hybridized carbons (Fsp3) is 0.854. The van der Waals surface area contributed by atoms with Crippen molar-refractivity contribution in [3.05, 3.63) is 36.5 Å². The highest BCUT2D eigenvalue weighted by Crippen LogP contribution is 2.38. The van der Waals surface area contributed by atoms with Crippen LogP contribution in [0.1, 0.15) is 213 Å². The van der Waals surface area contributed by atoms with Gasteiger partial charge in [-0.25, -0.2) is 0 Å². The summed E-state index contributed by atoms with van der Waals surface area (Å²) in [7, 11) is 1.24. The monoisotopic (exact) mass is 825 g/mol. The number of phosphoric acid groups is 1. The Kier molecular flexibility index (Phi) is 39.2. The van der Waals surface area contributed by atoms with Gasteiger partial charge in [0.1, 0.15) is 13.2 Å². The number of phosphoric ester groups is 1. The second kappa shape index (κ2) is 40.1. The molecule has 3 unspecified atom stereocenters. The van der Waals surface area contributed by atoms with Gasteiger partial charge in [-0.15, -0.1) is 0 Å². The van der Waals surface area contributed by atoms with Gasteiger partial charge < -0.3 is 28.8 Å². The van der Waals surface area contributed by atoms with E-state index in [1.807, 2.05) is 27.2 Å². The predicted molar refractivity (Wildman–Crippen MR) is 242 cm³/mol. The van der Waals surface area contributed by atoms with E-state index in [1.54, 1.807) is 6.08 Å². The van der Waals surface area contributed by atoms with Gasteiger partial charge in [0.2, 0.25) is 5.91 Å². The van der Waals surface area contributed by atoms with Crippen molar-refractivity contribution in [2.24, 2.45) is 0 Å². The Labute approximate surface area is 353 Å². The van der Waals surface area contributed by atoms with Gasteiger partial charge in [0.15, 0.2) is 0 Å². The number of unbranched alkanes of at least 4 members (excludes halogenated alkanes) is 26. The molecule has 0 aromatic carbocycles. The zero-order chi connectivity index (χ0) is 42.1. The highest BCUT2D eigenvalue weighted by Gasteiger charge is 2.23. The van der Waals surface area contributed by atoms with Crippen molar-refractivity contribution in [2.45, 2.75) is 225 Å². The van der Waals surface area contributed by atoms with Gasteiger partial charge in [0.25, 0.3) is 7.82 Å². The lowest BCUT2D eigenvalue weighted by Crippen LogP contribution is -2.45. The molecule has 336 valence electrons. The van der Waals surface area contributed by atoms with Crippen molar-refractivity contribution in [3.8, 4) is 0 Å². The molecule has 2 N–H and O–H groups in total. The lowest BCUT2D eigenvalue weighted by molar-refractivity contribution is -0.870. The molecule has 8 nitrogen and oxygen atoms in total. The first kappa shape index (κ1) is 55.7. The van der Waals surface area contributed by atoms with Crippen molar-refractivity contribution in [1.29, 1.82) is 0 Å². The minimum atomic E-state index is -4.60. The Morgan fingerprint density at radius 3 is 1.42 bits per heavy atom. The highest BCUT2D eigenvalue weighted by molar-refractivity contribution is 7.45. The van der Waals surface area contributed by atoms with Crippen molar-refractivity contribution in [1.82, 2.24) is 5.32 Å². The first-order valence-electron chi connectivity index (χ1n) is 23.9. The second-order valence-corrected chi connectivity index (χ2v) is 18.9. The van der Waals surface area contributed by atoms with Crippen molar-refractivity contribution in [2.75, 3.05) is 40.9 Å². The smallest absolute Gasteiger partial charge is 0.268 e. The molecule has 0 aliphatic heterocycles. The van der Waals surface area contributed by atoms with Crippen LogP contribution in [0.4, 0.5) is 0 Å². The average Bonchev–Trinajstić information content (AvgIpc) is 3.16. The van der Waals surface area contributed by atoms with Crippen molar-refractivity contribution in [3.63, 3.8) is 0 Å². The Morgan fingerprint density at radius 1 is 0.596 bits per heavy atom. The number of hydrogen-bond donors (Lipinski definition) is 2. The topological polar surface area (TPSA) is 108 Å². The number of quaternary nitrogens is 1. The number of aliphatic hydroxyl groups is 1. The maximum Gasteiger partial charge on any atom is 0.268 e. The van der Waals surface area contributed by atoms with Gasteiger partial charge in [-0.3, -0.25) is 9.36 Å². The molecule has 0 fully saturated rings. The minimum Gasteiger partial charge on any atom is -0.756 e. The Hall–Kier alpha value is -1.28. The van der Waals surface area contributed by atoms with E-state index in [9.17, 15) is 19.4 Å². The molecule has 1 amide bonds. The summed E-state index contributed by atoms with van der Waals surface area (Å²) >= 11 is 0. The van der Waals surface area contributed by atoms with Gasteiger partial charge >= 0.3 is 0 Å². The molecular formula is C48H93N2O6P. The number of allylic oxidation sites excluding steroid dienone is 5. The summed E-state index contributed by atoms with van der Waals surface area (Å²) in [5.74, 6) is -0.210. The molecule has 0 aliphatic carbocycles. The lowest BCUT2D eigenvalue weighted by atomic mass is 10.0. The molecule has 0 aliphatic rings. The zero-order valence-corrected chi connectivity index (χ0v) is 38.9. The summed E-state index contributed by atoms with van der Waals surface area (Å²) in [6, 6.07) is -0.902. The quantitative estimate of drug-likeness (QED) is 0.0274. The highest BCUT2D eigenvalue weighted by atomic mass is 31.2. The van der Waals surface area contributed by atoms with Gasteiger partial charge in [-0.2, -0.15) is 0 Å². The van der Waals surface area contributed by atoms with Crippen LogP contribution >= 0.6 is 7.82 Å². The summed E-state index contributed by atoms with van der Waals surface area (Å²) in [4.78, 5) is 25.3. The number of hydrogen-bond acceptors (Lipinski definition) is 6. The number of amides is 1. The number of nitrogens with one attached hydrogen (secondary N) is 1. The molecular weight excluding hydrogens is 732 g/mol. The summed E-state index contributed by atoms with van der Waals surface area (Å²) in [5.41, 5.74) is 0. The van der Waals surface area contributed by atoms with Gasteiger partial charge in [-0.1, -0.05) is 185 Å². The molecule has 9 heteroatoms. The number of rotatable bonds is 43. The van der Waals surface area contributed by atoms with Crippen LogP contribution in [0, 0.1) is 0 Å². The lowest BCUT2D eigenvalue weighted by Gasteiger charge is -2.29. The fourth-order valence-electron chi connectivity index (χ4n) is 6.75. The van der Waals surface area contributed by atoms with E-state index >= 15 is 0 Å². The zero-order valence-electron chi connectivity index (χ0n) is 38.0. The third-order valence-electron chi connectivity index (χ3n) is 10.6. The third-order valence-corrected chi connectivity index (χ3v) is 11.5. The number of carbonyl (C=O) groups excluding carboxylic acids is 1. The molecule has 0 bridgehead atoms. The average molecular weight is 825 g/mol. The standard InChI is InChI=1S/C48H93N2O6P/c1-6-8-10-12-14-16-18-20-22-23-24-25-26-27-28-30-32-34-36-38-40-42-48(52)49-46(45-56-57(53,54)55-44-43-50(3,4)5)47(51)41-39-37-35-33-31-29-21-19-17-15-13-11-9-7-2/h23-24,31,33,39,41,46-47,51H,6-22,25-30,32,34-38,40,42-45H2,1-5H3,(H-,49,52,53,54)/b24-23-,33-31+,41-39+.